The number of halogens is 1. The van der Waals surface area contributed by atoms with E-state index in [1.54, 1.807) is 26.0 Å². The van der Waals surface area contributed by atoms with Gasteiger partial charge in [0.05, 0.1) is 7.11 Å². The lowest BCUT2D eigenvalue weighted by Gasteiger charge is -2.31. The first-order chi connectivity index (χ1) is 9.86. The molecule has 0 bridgehead atoms. The lowest BCUT2D eigenvalue weighted by atomic mass is 9.95. The smallest absolute Gasteiger partial charge is 0.436 e. The molecule has 0 radical (unpaired) electrons. The Labute approximate surface area is 133 Å². The van der Waals surface area contributed by atoms with E-state index in [1.165, 1.54) is 18.4 Å². The number of alkyl halides is 1. The topological polar surface area (TPSA) is 74.2 Å². The van der Waals surface area contributed by atoms with E-state index in [0.717, 1.165) is 19.3 Å². The van der Waals surface area contributed by atoms with Crippen LogP contribution in [0.25, 0.3) is 0 Å². The highest BCUT2D eigenvalue weighted by Crippen LogP contribution is 2.24. The highest BCUT2D eigenvalue weighted by Gasteiger charge is 2.27. The van der Waals surface area contributed by atoms with Crippen LogP contribution in [0.1, 0.15) is 25.7 Å². The first-order valence-electron chi connectivity index (χ1n) is 6.89. The van der Waals surface area contributed by atoms with E-state index >= 15 is 0 Å². The second kappa shape index (κ2) is 8.21. The van der Waals surface area contributed by atoms with Gasteiger partial charge in [0.2, 0.25) is 5.96 Å². The minimum absolute atomic E-state index is 0.0928. The zero-order valence-electron chi connectivity index (χ0n) is 12.9. The largest absolute Gasteiger partial charge is 0.451 e. The van der Waals surface area contributed by atoms with E-state index in [1.807, 2.05) is 0 Å². The Kier molecular flexibility index (Phi) is 6.94. The zero-order chi connectivity index (χ0) is 16.0. The molecule has 1 N–H and O–H groups in total. The summed E-state index contributed by atoms with van der Waals surface area (Å²) in [5, 5.41) is 2.98. The molecule has 0 heterocycles. The lowest BCUT2D eigenvalue weighted by Crippen LogP contribution is -2.52. The summed E-state index contributed by atoms with van der Waals surface area (Å²) >= 11 is 3.60. The van der Waals surface area contributed by atoms with Crippen molar-refractivity contribution in [2.24, 2.45) is 4.99 Å². The Morgan fingerprint density at radius 1 is 1.24 bits per heavy atom. The first-order valence-corrected chi connectivity index (χ1v) is 7.80. The first kappa shape index (κ1) is 17.7. The van der Waals surface area contributed by atoms with Gasteiger partial charge in [-0.1, -0.05) is 28.8 Å². The van der Waals surface area contributed by atoms with Crippen molar-refractivity contribution in [2.45, 2.75) is 36.6 Å². The summed E-state index contributed by atoms with van der Waals surface area (Å²) in [5.41, 5.74) is 0. The van der Waals surface area contributed by atoms with E-state index < -0.39 is 6.09 Å². The van der Waals surface area contributed by atoms with Crippen LogP contribution in [0, 0.1) is 0 Å². The van der Waals surface area contributed by atoms with Crippen molar-refractivity contribution < 1.29 is 14.3 Å². The molecule has 1 fully saturated rings. The van der Waals surface area contributed by atoms with Crippen molar-refractivity contribution in [3.05, 3.63) is 0 Å². The summed E-state index contributed by atoms with van der Waals surface area (Å²) in [4.78, 5) is 30.5. The van der Waals surface area contributed by atoms with Crippen molar-refractivity contribution in [3.63, 3.8) is 0 Å². The number of ether oxygens (including phenoxy) is 1. The predicted octanol–water partition coefficient (Wildman–Crippen LogP) is 2.02. The molecule has 1 rings (SSSR count). The maximum atomic E-state index is 12.3. The van der Waals surface area contributed by atoms with Crippen molar-refractivity contribution in [1.29, 1.82) is 0 Å². The Bertz CT molecular complexity index is 414. The number of carbonyl (C=O) groups excluding carboxylic acids is 2. The molecule has 2 atom stereocenters. The quantitative estimate of drug-likeness (QED) is 0.439. The van der Waals surface area contributed by atoms with E-state index in [4.69, 9.17) is 0 Å². The molecule has 0 saturated heterocycles. The number of hydrogen-bond acceptors (Lipinski definition) is 3. The molecular formula is C13H23BrN4O3. The molecule has 21 heavy (non-hydrogen) atoms. The molecule has 3 amide bonds. The fourth-order valence-electron chi connectivity index (χ4n) is 2.20. The standard InChI is InChI=1S/C13H23BrN4O3/c1-17(2)11(16-13(20)21-4)18(3)12(19)15-10-8-6-5-7-9(10)14/h9-10H,5-8H2,1-4H3,(H,15,19). The van der Waals surface area contributed by atoms with Gasteiger partial charge < -0.3 is 15.0 Å². The SMILES string of the molecule is COC(=O)N=C(N(C)C)N(C)C(=O)NC1CCCCC1Br. The molecule has 0 aromatic carbocycles. The molecule has 0 aromatic heterocycles. The number of methoxy groups -OCH3 is 1. The molecule has 1 aliphatic carbocycles. The number of urea groups is 1. The van der Waals surface area contributed by atoms with Crippen molar-refractivity contribution in [3.8, 4) is 0 Å². The van der Waals surface area contributed by atoms with Gasteiger partial charge in [-0.05, 0) is 12.8 Å². The summed E-state index contributed by atoms with van der Waals surface area (Å²) in [7, 11) is 6.23. The summed E-state index contributed by atoms with van der Waals surface area (Å²) in [5.74, 6) is 0.223. The van der Waals surface area contributed by atoms with Crippen LogP contribution >= 0.6 is 15.9 Å². The van der Waals surface area contributed by atoms with Gasteiger partial charge >= 0.3 is 12.1 Å². The molecule has 120 valence electrons. The van der Waals surface area contributed by atoms with Gasteiger partial charge in [0.15, 0.2) is 0 Å². The molecule has 0 spiro atoms. The van der Waals surface area contributed by atoms with Crippen LogP contribution in [0.15, 0.2) is 4.99 Å². The fourth-order valence-corrected chi connectivity index (χ4v) is 2.92. The molecule has 1 aliphatic rings. The maximum Gasteiger partial charge on any atom is 0.436 e. The Hall–Kier alpha value is -1.31. The zero-order valence-corrected chi connectivity index (χ0v) is 14.5. The Morgan fingerprint density at radius 3 is 2.38 bits per heavy atom. The van der Waals surface area contributed by atoms with Crippen LogP contribution in [0.3, 0.4) is 0 Å². The van der Waals surface area contributed by atoms with Crippen LogP contribution in [0.2, 0.25) is 0 Å². The van der Waals surface area contributed by atoms with E-state index in [9.17, 15) is 9.59 Å². The molecule has 7 nitrogen and oxygen atoms in total. The van der Waals surface area contributed by atoms with E-state index in [2.05, 4.69) is 31.0 Å². The summed E-state index contributed by atoms with van der Waals surface area (Å²) < 4.78 is 4.51. The number of guanidine groups is 1. The Morgan fingerprint density at radius 2 is 1.86 bits per heavy atom. The average Bonchev–Trinajstić information content (AvgIpc) is 2.45. The summed E-state index contributed by atoms with van der Waals surface area (Å²) in [6, 6.07) is -0.196. The van der Waals surface area contributed by atoms with E-state index in [0.29, 0.717) is 0 Å². The van der Waals surface area contributed by atoms with Crippen molar-refractivity contribution >= 4 is 34.0 Å². The second-order valence-electron chi connectivity index (χ2n) is 5.19. The highest BCUT2D eigenvalue weighted by atomic mass is 79.9. The number of aliphatic imine (C=N–C) groups is 1. The number of carbonyl (C=O) groups is 2. The molecule has 0 aromatic rings. The number of hydrogen-bond donors (Lipinski definition) is 1. The Balaban J connectivity index is 2.74. The molecule has 0 aliphatic heterocycles. The summed E-state index contributed by atoms with van der Waals surface area (Å²) in [6.45, 7) is 0. The third-order valence-electron chi connectivity index (χ3n) is 3.36. The molecule has 1 saturated carbocycles. The number of amides is 3. The number of rotatable bonds is 1. The predicted molar refractivity (Wildman–Crippen MR) is 84.8 cm³/mol. The minimum atomic E-state index is -0.741. The fraction of sp³-hybridized carbons (Fsp3) is 0.769. The molecule has 2 unspecified atom stereocenters. The molecule has 8 heteroatoms. The third-order valence-corrected chi connectivity index (χ3v) is 4.46. The van der Waals surface area contributed by atoms with Gasteiger partial charge in [0.25, 0.3) is 0 Å². The van der Waals surface area contributed by atoms with Crippen LogP contribution in [0.4, 0.5) is 9.59 Å². The second-order valence-corrected chi connectivity index (χ2v) is 6.37. The van der Waals surface area contributed by atoms with Crippen molar-refractivity contribution in [2.75, 3.05) is 28.3 Å². The lowest BCUT2D eigenvalue weighted by molar-refractivity contribution is 0.181. The van der Waals surface area contributed by atoms with Gasteiger partial charge in [-0.15, -0.1) is 4.99 Å². The van der Waals surface area contributed by atoms with Gasteiger partial charge in [0, 0.05) is 32.0 Å². The number of nitrogens with zero attached hydrogens (tertiary/aromatic N) is 3. The van der Waals surface area contributed by atoms with Gasteiger partial charge in [-0.2, -0.15) is 0 Å². The van der Waals surface area contributed by atoms with Crippen LogP contribution in [-0.4, -0.2) is 67.0 Å². The monoisotopic (exact) mass is 362 g/mol. The highest BCUT2D eigenvalue weighted by molar-refractivity contribution is 9.09. The maximum absolute atomic E-state index is 12.3. The van der Waals surface area contributed by atoms with Gasteiger partial charge in [0.1, 0.15) is 0 Å². The molecular weight excluding hydrogens is 340 g/mol. The van der Waals surface area contributed by atoms with Gasteiger partial charge in [-0.25, -0.2) is 9.59 Å². The third kappa shape index (κ3) is 5.18. The van der Waals surface area contributed by atoms with Crippen LogP contribution in [0.5, 0.6) is 0 Å². The van der Waals surface area contributed by atoms with Crippen molar-refractivity contribution in [1.82, 2.24) is 15.1 Å². The minimum Gasteiger partial charge on any atom is -0.451 e. The van der Waals surface area contributed by atoms with Crippen LogP contribution < -0.4 is 5.32 Å². The number of nitrogens with one attached hydrogen (secondary N) is 1. The van der Waals surface area contributed by atoms with Crippen LogP contribution in [-0.2, 0) is 4.74 Å². The average molecular weight is 363 g/mol. The van der Waals surface area contributed by atoms with Gasteiger partial charge in [-0.3, -0.25) is 4.90 Å². The summed E-state index contributed by atoms with van der Waals surface area (Å²) in [6.07, 6.45) is 3.53. The van der Waals surface area contributed by atoms with E-state index in [-0.39, 0.29) is 22.9 Å². The normalized spacial score (nSPS) is 22.4.